The summed E-state index contributed by atoms with van der Waals surface area (Å²) in [6, 6.07) is 10.2. The van der Waals surface area contributed by atoms with Gasteiger partial charge in [0.05, 0.1) is 17.5 Å². The number of rotatable bonds is 8. The van der Waals surface area contributed by atoms with Gasteiger partial charge in [0.1, 0.15) is 36.5 Å². The van der Waals surface area contributed by atoms with Crippen LogP contribution in [-0.4, -0.2) is 35.3 Å². The molecule has 178 valence electrons. The minimum Gasteiger partial charge on any atom is -0.486 e. The van der Waals surface area contributed by atoms with Crippen LogP contribution < -0.4 is 4.74 Å². The summed E-state index contributed by atoms with van der Waals surface area (Å²) in [6.07, 6.45) is 3.41. The van der Waals surface area contributed by atoms with Crippen LogP contribution in [0.5, 0.6) is 5.75 Å². The van der Waals surface area contributed by atoms with Gasteiger partial charge in [-0.3, -0.25) is 9.97 Å². The number of alkyl halides is 2. The molecule has 1 N–H and O–H groups in total. The van der Waals surface area contributed by atoms with Crippen LogP contribution in [-0.2, 0) is 24.7 Å². The molecule has 0 amide bonds. The number of aromatic nitrogens is 6. The summed E-state index contributed by atoms with van der Waals surface area (Å²) in [4.78, 5) is 8.51. The van der Waals surface area contributed by atoms with Crippen molar-refractivity contribution in [3.05, 3.63) is 94.5 Å². The summed E-state index contributed by atoms with van der Waals surface area (Å²) in [6.45, 7) is -0.927. The number of pyridine rings is 2. The Bertz CT molecular complexity index is 1350. The Morgan fingerprint density at radius 3 is 2.54 bits per heavy atom. The van der Waals surface area contributed by atoms with Crippen molar-refractivity contribution in [3.63, 3.8) is 0 Å². The van der Waals surface area contributed by atoms with E-state index in [1.807, 2.05) is 6.07 Å². The van der Waals surface area contributed by atoms with Gasteiger partial charge in [0.15, 0.2) is 11.9 Å². The highest BCUT2D eigenvalue weighted by Crippen LogP contribution is 2.47. The van der Waals surface area contributed by atoms with Crippen LogP contribution >= 0.6 is 11.6 Å². The molecule has 0 saturated heterocycles. The number of halogens is 4. The SMILES string of the molecule is N#Cc1ccc(COc2ccc(C(F)(F)C(O)(Cn3ncnn3)c3ccc(Cl)cc3F)nc2)nc1. The van der Waals surface area contributed by atoms with Crippen molar-refractivity contribution in [2.45, 2.75) is 24.7 Å². The molecule has 3 heterocycles. The molecule has 1 unspecified atom stereocenters. The predicted molar refractivity (Wildman–Crippen MR) is 115 cm³/mol. The predicted octanol–water partition coefficient (Wildman–Crippen LogP) is 3.39. The number of hydrogen-bond acceptors (Lipinski definition) is 8. The standard InChI is InChI=1S/C22H15ClF3N7O2/c23-15-2-5-18(19(24)7-15)21(34,12-33-31-13-30-32-33)22(25,26)20-6-4-17(10-29-20)35-11-16-3-1-14(8-27)9-28-16/h1-7,9-10,13,34H,11-12H2. The first kappa shape index (κ1) is 24.1. The Balaban J connectivity index is 1.61. The molecule has 4 rings (SSSR count). The van der Waals surface area contributed by atoms with E-state index >= 15 is 8.78 Å². The third-order valence-electron chi connectivity index (χ3n) is 5.06. The lowest BCUT2D eigenvalue weighted by atomic mass is 9.84. The van der Waals surface area contributed by atoms with E-state index in [9.17, 15) is 9.50 Å². The van der Waals surface area contributed by atoms with Gasteiger partial charge in [0.2, 0.25) is 0 Å². The number of nitrogens with zero attached hydrogens (tertiary/aromatic N) is 7. The Morgan fingerprint density at radius 1 is 1.11 bits per heavy atom. The molecule has 35 heavy (non-hydrogen) atoms. The van der Waals surface area contributed by atoms with Crippen molar-refractivity contribution in [2.75, 3.05) is 0 Å². The fourth-order valence-corrected chi connectivity index (χ4v) is 3.40. The number of nitriles is 1. The monoisotopic (exact) mass is 501 g/mol. The van der Waals surface area contributed by atoms with Crippen molar-refractivity contribution >= 4 is 11.6 Å². The van der Waals surface area contributed by atoms with Gasteiger partial charge >= 0.3 is 5.92 Å². The highest BCUT2D eigenvalue weighted by molar-refractivity contribution is 6.30. The normalized spacial score (nSPS) is 13.1. The first-order valence-corrected chi connectivity index (χ1v) is 10.3. The van der Waals surface area contributed by atoms with Crippen LogP contribution in [0.1, 0.15) is 22.5 Å². The summed E-state index contributed by atoms with van der Waals surface area (Å²) < 4.78 is 51.7. The first-order chi connectivity index (χ1) is 16.7. The van der Waals surface area contributed by atoms with E-state index in [0.29, 0.717) is 16.1 Å². The largest absolute Gasteiger partial charge is 0.486 e. The van der Waals surface area contributed by atoms with Gasteiger partial charge in [0, 0.05) is 16.8 Å². The molecule has 9 nitrogen and oxygen atoms in total. The van der Waals surface area contributed by atoms with Crippen molar-refractivity contribution in [1.29, 1.82) is 5.26 Å². The lowest BCUT2D eigenvalue weighted by Gasteiger charge is -2.35. The second kappa shape index (κ2) is 9.65. The summed E-state index contributed by atoms with van der Waals surface area (Å²) in [5.74, 6) is -5.10. The molecule has 0 aliphatic heterocycles. The van der Waals surface area contributed by atoms with Crippen LogP contribution in [0.25, 0.3) is 0 Å². The quantitative estimate of drug-likeness (QED) is 0.390. The lowest BCUT2D eigenvalue weighted by molar-refractivity contribution is -0.209. The maximum Gasteiger partial charge on any atom is 0.323 e. The third kappa shape index (κ3) is 4.91. The third-order valence-corrected chi connectivity index (χ3v) is 5.29. The van der Waals surface area contributed by atoms with E-state index in [-0.39, 0.29) is 17.4 Å². The van der Waals surface area contributed by atoms with E-state index in [1.54, 1.807) is 12.1 Å². The number of benzene rings is 1. The Hall–Kier alpha value is -4.08. The van der Waals surface area contributed by atoms with Crippen LogP contribution in [0.4, 0.5) is 13.2 Å². The molecule has 1 aromatic carbocycles. The average Bonchev–Trinajstić information content (AvgIpc) is 3.36. The molecule has 1 atom stereocenters. The van der Waals surface area contributed by atoms with E-state index in [0.717, 1.165) is 30.7 Å². The van der Waals surface area contributed by atoms with Gasteiger partial charge < -0.3 is 9.84 Å². The molecule has 4 aromatic rings. The molecule has 0 fully saturated rings. The van der Waals surface area contributed by atoms with Crippen LogP contribution in [0, 0.1) is 17.1 Å². The second-order valence-electron chi connectivity index (χ2n) is 7.34. The van der Waals surface area contributed by atoms with Gasteiger partial charge in [-0.05, 0) is 41.6 Å². The zero-order chi connectivity index (χ0) is 25.1. The summed E-state index contributed by atoms with van der Waals surface area (Å²) >= 11 is 5.75. The molecule has 0 radical (unpaired) electrons. The van der Waals surface area contributed by atoms with E-state index in [1.165, 1.54) is 18.3 Å². The summed E-state index contributed by atoms with van der Waals surface area (Å²) in [7, 11) is 0. The molecular formula is C22H15ClF3N7O2. The molecule has 0 bridgehead atoms. The molecule has 0 aliphatic carbocycles. The van der Waals surface area contributed by atoms with E-state index in [2.05, 4.69) is 25.4 Å². The fourth-order valence-electron chi connectivity index (χ4n) is 3.24. The fraction of sp³-hybridized carbons (Fsp3) is 0.182. The number of tetrazole rings is 1. The van der Waals surface area contributed by atoms with Gasteiger partial charge in [-0.1, -0.05) is 17.7 Å². The smallest absolute Gasteiger partial charge is 0.323 e. The van der Waals surface area contributed by atoms with E-state index in [4.69, 9.17) is 21.6 Å². The number of aliphatic hydroxyl groups is 1. The Labute approximate surface area is 201 Å². The number of ether oxygens (including phenoxy) is 1. The van der Waals surface area contributed by atoms with E-state index < -0.39 is 35.1 Å². The average molecular weight is 502 g/mol. The number of hydrogen-bond donors (Lipinski definition) is 1. The zero-order valence-corrected chi connectivity index (χ0v) is 18.4. The maximum atomic E-state index is 15.7. The van der Waals surface area contributed by atoms with Crippen molar-refractivity contribution in [2.24, 2.45) is 0 Å². The molecule has 0 spiro atoms. The van der Waals surface area contributed by atoms with Crippen LogP contribution in [0.3, 0.4) is 0 Å². The second-order valence-corrected chi connectivity index (χ2v) is 7.78. The highest BCUT2D eigenvalue weighted by Gasteiger charge is 2.58. The first-order valence-electron chi connectivity index (χ1n) is 9.94. The van der Waals surface area contributed by atoms with Crippen molar-refractivity contribution in [3.8, 4) is 11.8 Å². The van der Waals surface area contributed by atoms with Gasteiger partial charge in [0.25, 0.3) is 0 Å². The molecule has 13 heteroatoms. The molecular weight excluding hydrogens is 487 g/mol. The Kier molecular flexibility index (Phi) is 6.63. The zero-order valence-electron chi connectivity index (χ0n) is 17.7. The lowest BCUT2D eigenvalue weighted by Crippen LogP contribution is -2.48. The minimum absolute atomic E-state index is 0.00101. The molecule has 3 aromatic heterocycles. The van der Waals surface area contributed by atoms with Crippen LogP contribution in [0.2, 0.25) is 5.02 Å². The van der Waals surface area contributed by atoms with Crippen molar-refractivity contribution in [1.82, 2.24) is 30.2 Å². The Morgan fingerprint density at radius 2 is 1.94 bits per heavy atom. The van der Waals surface area contributed by atoms with Gasteiger partial charge in [-0.2, -0.15) is 18.8 Å². The summed E-state index contributed by atoms with van der Waals surface area (Å²) in [5.41, 5.74) is -3.83. The molecule has 0 saturated carbocycles. The minimum atomic E-state index is -4.11. The van der Waals surface area contributed by atoms with Gasteiger partial charge in [-0.15, -0.1) is 10.2 Å². The molecule has 0 aliphatic rings. The highest BCUT2D eigenvalue weighted by atomic mass is 35.5. The van der Waals surface area contributed by atoms with Gasteiger partial charge in [-0.25, -0.2) is 4.39 Å². The summed E-state index contributed by atoms with van der Waals surface area (Å²) in [5, 5.41) is 30.6. The maximum absolute atomic E-state index is 15.7. The van der Waals surface area contributed by atoms with Crippen molar-refractivity contribution < 1.29 is 23.0 Å². The topological polar surface area (TPSA) is 123 Å². The van der Waals surface area contributed by atoms with Crippen LogP contribution in [0.15, 0.2) is 61.2 Å².